The van der Waals surface area contributed by atoms with E-state index in [2.05, 4.69) is 19.2 Å². The number of anilines is 1. The summed E-state index contributed by atoms with van der Waals surface area (Å²) in [6, 6.07) is 5.67. The van der Waals surface area contributed by atoms with E-state index >= 15 is 0 Å². The fraction of sp³-hybridized carbons (Fsp3) is 0.462. The molecule has 1 rings (SSSR count). The minimum atomic E-state index is 0.336. The molecule has 0 saturated heterocycles. The van der Waals surface area contributed by atoms with Gasteiger partial charge in [0.15, 0.2) is 0 Å². The van der Waals surface area contributed by atoms with E-state index in [0.717, 1.165) is 30.6 Å². The summed E-state index contributed by atoms with van der Waals surface area (Å²) in [6.07, 6.45) is 2.32. The topological polar surface area (TPSA) is 38.0 Å². The first-order valence-electron chi connectivity index (χ1n) is 5.92. The highest BCUT2D eigenvalue weighted by atomic mass is 35.5. The maximum atomic E-state index is 6.10. The molecule has 4 heteroatoms. The van der Waals surface area contributed by atoms with Gasteiger partial charge in [-0.1, -0.05) is 56.6 Å². The molecular formula is C13H19ClN2S. The molecule has 1 aromatic rings. The minimum Gasteiger partial charge on any atom is -0.389 e. The number of rotatable bonds is 6. The van der Waals surface area contributed by atoms with E-state index < -0.39 is 0 Å². The van der Waals surface area contributed by atoms with Crippen molar-refractivity contribution in [2.75, 3.05) is 11.9 Å². The van der Waals surface area contributed by atoms with Gasteiger partial charge in [-0.3, -0.25) is 0 Å². The van der Waals surface area contributed by atoms with Crippen molar-refractivity contribution in [1.29, 1.82) is 0 Å². The van der Waals surface area contributed by atoms with Crippen molar-refractivity contribution in [3.63, 3.8) is 0 Å². The predicted molar refractivity (Wildman–Crippen MR) is 79.9 cm³/mol. The number of nitrogens with two attached hydrogens (primary N) is 1. The summed E-state index contributed by atoms with van der Waals surface area (Å²) in [5, 5.41) is 3.99. The standard InChI is InChI=1S/C13H19ClN2S/c1-3-9(4-2)8-16-11-7-5-6-10(14)12(11)13(15)17/h5-7,9,16H,3-4,8H2,1-2H3,(H2,15,17). The number of benzene rings is 1. The van der Waals surface area contributed by atoms with Crippen molar-refractivity contribution in [1.82, 2.24) is 0 Å². The number of hydrogen-bond acceptors (Lipinski definition) is 2. The van der Waals surface area contributed by atoms with Gasteiger partial charge in [0.1, 0.15) is 4.99 Å². The molecule has 0 atom stereocenters. The minimum absolute atomic E-state index is 0.336. The van der Waals surface area contributed by atoms with Crippen LogP contribution in [0.3, 0.4) is 0 Å². The third-order valence-electron chi connectivity index (χ3n) is 3.00. The van der Waals surface area contributed by atoms with Gasteiger partial charge in [0.05, 0.1) is 10.6 Å². The second kappa shape index (κ2) is 6.82. The maximum absolute atomic E-state index is 6.10. The van der Waals surface area contributed by atoms with E-state index in [9.17, 15) is 0 Å². The lowest BCUT2D eigenvalue weighted by Gasteiger charge is -2.17. The molecular weight excluding hydrogens is 252 g/mol. The Kier molecular flexibility index (Phi) is 5.72. The molecule has 2 nitrogen and oxygen atoms in total. The van der Waals surface area contributed by atoms with E-state index in [1.54, 1.807) is 6.07 Å². The molecule has 0 spiro atoms. The average molecular weight is 271 g/mol. The Hall–Kier alpha value is -0.800. The summed E-state index contributed by atoms with van der Waals surface area (Å²) < 4.78 is 0. The van der Waals surface area contributed by atoms with Gasteiger partial charge in [-0.05, 0) is 18.1 Å². The molecule has 0 bridgehead atoms. The molecule has 0 heterocycles. The highest BCUT2D eigenvalue weighted by molar-refractivity contribution is 7.80. The van der Waals surface area contributed by atoms with E-state index in [4.69, 9.17) is 29.6 Å². The van der Waals surface area contributed by atoms with Crippen LogP contribution in [0.5, 0.6) is 0 Å². The zero-order valence-corrected chi connectivity index (χ0v) is 11.9. The lowest BCUT2D eigenvalue weighted by atomic mass is 10.0. The lowest BCUT2D eigenvalue weighted by molar-refractivity contribution is 0.519. The van der Waals surface area contributed by atoms with Crippen molar-refractivity contribution in [2.45, 2.75) is 26.7 Å². The molecule has 17 heavy (non-hydrogen) atoms. The molecule has 3 N–H and O–H groups in total. The van der Waals surface area contributed by atoms with Gasteiger partial charge in [-0.2, -0.15) is 0 Å². The second-order valence-corrected chi connectivity index (χ2v) is 4.94. The Morgan fingerprint density at radius 2 is 2.06 bits per heavy atom. The Bertz CT molecular complexity index is 389. The average Bonchev–Trinajstić information content (AvgIpc) is 2.29. The number of thiocarbonyl (C=S) groups is 1. The number of hydrogen-bond donors (Lipinski definition) is 2. The Morgan fingerprint density at radius 1 is 1.41 bits per heavy atom. The summed E-state index contributed by atoms with van der Waals surface area (Å²) in [5.74, 6) is 0.660. The third-order valence-corrected chi connectivity index (χ3v) is 3.51. The zero-order chi connectivity index (χ0) is 12.8. The highest BCUT2D eigenvalue weighted by Gasteiger charge is 2.10. The maximum Gasteiger partial charge on any atom is 0.107 e. The molecule has 0 aliphatic heterocycles. The van der Waals surface area contributed by atoms with Crippen molar-refractivity contribution < 1.29 is 0 Å². The van der Waals surface area contributed by atoms with Crippen molar-refractivity contribution in [2.24, 2.45) is 11.7 Å². The van der Waals surface area contributed by atoms with Crippen molar-refractivity contribution in [3.8, 4) is 0 Å². The van der Waals surface area contributed by atoms with Gasteiger partial charge in [0, 0.05) is 12.2 Å². The molecule has 0 amide bonds. The van der Waals surface area contributed by atoms with Crippen molar-refractivity contribution >= 4 is 34.5 Å². The van der Waals surface area contributed by atoms with Gasteiger partial charge in [-0.25, -0.2) is 0 Å². The van der Waals surface area contributed by atoms with Gasteiger partial charge < -0.3 is 11.1 Å². The monoisotopic (exact) mass is 270 g/mol. The largest absolute Gasteiger partial charge is 0.389 e. The first-order chi connectivity index (χ1) is 8.10. The van der Waals surface area contributed by atoms with Crippen LogP contribution in [-0.2, 0) is 0 Å². The molecule has 0 fully saturated rings. The van der Waals surface area contributed by atoms with E-state index in [0.29, 0.717) is 15.9 Å². The van der Waals surface area contributed by atoms with Crippen LogP contribution in [0.25, 0.3) is 0 Å². The number of nitrogens with one attached hydrogen (secondary N) is 1. The van der Waals surface area contributed by atoms with E-state index in [-0.39, 0.29) is 0 Å². The third kappa shape index (κ3) is 3.86. The van der Waals surface area contributed by atoms with Crippen LogP contribution >= 0.6 is 23.8 Å². The first kappa shape index (κ1) is 14.3. The first-order valence-corrected chi connectivity index (χ1v) is 6.70. The van der Waals surface area contributed by atoms with E-state index in [1.165, 1.54) is 0 Å². The molecule has 0 aliphatic rings. The summed E-state index contributed by atoms with van der Waals surface area (Å²) in [5.41, 5.74) is 7.37. The molecule has 0 aliphatic carbocycles. The summed E-state index contributed by atoms with van der Waals surface area (Å²) in [6.45, 7) is 5.31. The Morgan fingerprint density at radius 3 is 2.59 bits per heavy atom. The van der Waals surface area contributed by atoms with Gasteiger partial charge in [0.25, 0.3) is 0 Å². The molecule has 94 valence electrons. The Balaban J connectivity index is 2.84. The quantitative estimate of drug-likeness (QED) is 0.772. The summed E-state index contributed by atoms with van der Waals surface area (Å²) in [4.78, 5) is 0.336. The lowest BCUT2D eigenvalue weighted by Crippen LogP contribution is -2.17. The molecule has 1 aromatic carbocycles. The smallest absolute Gasteiger partial charge is 0.107 e. The van der Waals surface area contributed by atoms with Gasteiger partial charge in [-0.15, -0.1) is 0 Å². The normalized spacial score (nSPS) is 10.6. The van der Waals surface area contributed by atoms with E-state index in [1.807, 2.05) is 12.1 Å². The van der Waals surface area contributed by atoms with Crippen LogP contribution < -0.4 is 11.1 Å². The van der Waals surface area contributed by atoms with Crippen LogP contribution in [-0.4, -0.2) is 11.5 Å². The SMILES string of the molecule is CCC(CC)CNc1cccc(Cl)c1C(N)=S. The van der Waals surface area contributed by atoms with Gasteiger partial charge >= 0.3 is 0 Å². The van der Waals surface area contributed by atoms with Crippen molar-refractivity contribution in [3.05, 3.63) is 28.8 Å². The molecule has 0 radical (unpaired) electrons. The highest BCUT2D eigenvalue weighted by Crippen LogP contribution is 2.24. The summed E-state index contributed by atoms with van der Waals surface area (Å²) in [7, 11) is 0. The summed E-state index contributed by atoms with van der Waals surface area (Å²) >= 11 is 11.1. The molecule has 0 saturated carbocycles. The van der Waals surface area contributed by atoms with Crippen LogP contribution in [0, 0.1) is 5.92 Å². The van der Waals surface area contributed by atoms with Crippen LogP contribution in [0.15, 0.2) is 18.2 Å². The van der Waals surface area contributed by atoms with Crippen LogP contribution in [0.2, 0.25) is 5.02 Å². The van der Waals surface area contributed by atoms with Gasteiger partial charge in [0.2, 0.25) is 0 Å². The second-order valence-electron chi connectivity index (χ2n) is 4.09. The predicted octanol–water partition coefficient (Wildman–Crippen LogP) is 3.82. The van der Waals surface area contributed by atoms with Crippen LogP contribution in [0.1, 0.15) is 32.3 Å². The molecule has 0 unspecified atom stereocenters. The molecule has 0 aromatic heterocycles. The fourth-order valence-corrected chi connectivity index (χ4v) is 2.31. The fourth-order valence-electron chi connectivity index (χ4n) is 1.75. The Labute approximate surface area is 114 Å². The van der Waals surface area contributed by atoms with Crippen LogP contribution in [0.4, 0.5) is 5.69 Å². The zero-order valence-electron chi connectivity index (χ0n) is 10.3. The number of halogens is 1.